The van der Waals surface area contributed by atoms with E-state index in [4.69, 9.17) is 18.8 Å². The SMILES string of the molecule is Cc1nn(C)c(OC(C)CN(C)C(=O)OC(C)(C)C)c1B1OC(C)(C)C(C)(C)O1. The summed E-state index contributed by atoms with van der Waals surface area (Å²) in [5.41, 5.74) is 0.101. The highest BCUT2D eigenvalue weighted by Crippen LogP contribution is 2.37. The molecule has 1 aromatic heterocycles. The van der Waals surface area contributed by atoms with E-state index in [2.05, 4.69) is 5.10 Å². The number of hydrogen-bond acceptors (Lipinski definition) is 6. The van der Waals surface area contributed by atoms with Crippen LogP contribution < -0.4 is 10.2 Å². The Morgan fingerprint density at radius 3 is 2.24 bits per heavy atom. The fraction of sp³-hybridized carbons (Fsp3) is 0.800. The molecule has 2 rings (SSSR count). The lowest BCUT2D eigenvalue weighted by molar-refractivity contribution is 0.00578. The molecule has 1 unspecified atom stereocenters. The van der Waals surface area contributed by atoms with Crippen LogP contribution in [0.15, 0.2) is 0 Å². The maximum Gasteiger partial charge on any atom is 0.502 e. The van der Waals surface area contributed by atoms with Crippen molar-refractivity contribution in [3.8, 4) is 5.88 Å². The lowest BCUT2D eigenvalue weighted by atomic mass is 9.79. The molecule has 0 N–H and O–H groups in total. The van der Waals surface area contributed by atoms with Crippen molar-refractivity contribution in [1.29, 1.82) is 0 Å². The van der Waals surface area contributed by atoms with Crippen molar-refractivity contribution in [3.63, 3.8) is 0 Å². The largest absolute Gasteiger partial charge is 0.502 e. The number of nitrogens with zero attached hydrogens (tertiary/aromatic N) is 3. The quantitative estimate of drug-likeness (QED) is 0.697. The first-order valence-electron chi connectivity index (χ1n) is 10.0. The molecule has 1 atom stereocenters. The zero-order valence-electron chi connectivity index (χ0n) is 19.7. The highest BCUT2D eigenvalue weighted by Gasteiger charge is 2.53. The Morgan fingerprint density at radius 1 is 1.24 bits per heavy atom. The highest BCUT2D eigenvalue weighted by molar-refractivity contribution is 6.63. The van der Waals surface area contributed by atoms with E-state index in [1.165, 1.54) is 4.90 Å². The molecule has 1 saturated heterocycles. The molecule has 1 aromatic rings. The smallest absolute Gasteiger partial charge is 0.473 e. The van der Waals surface area contributed by atoms with Gasteiger partial charge in [0, 0.05) is 14.1 Å². The Kier molecular flexibility index (Phi) is 6.36. The molecule has 0 aliphatic carbocycles. The van der Waals surface area contributed by atoms with Crippen molar-refractivity contribution in [3.05, 3.63) is 5.69 Å². The average Bonchev–Trinajstić information content (AvgIpc) is 2.89. The van der Waals surface area contributed by atoms with Crippen LogP contribution in [0.5, 0.6) is 5.88 Å². The minimum absolute atomic E-state index is 0.288. The van der Waals surface area contributed by atoms with Gasteiger partial charge in [0.1, 0.15) is 11.7 Å². The van der Waals surface area contributed by atoms with E-state index in [1.54, 1.807) is 11.7 Å². The summed E-state index contributed by atoms with van der Waals surface area (Å²) in [5.74, 6) is 0.575. The molecule has 8 nitrogen and oxygen atoms in total. The third-order valence-corrected chi connectivity index (χ3v) is 5.25. The van der Waals surface area contributed by atoms with Crippen LogP contribution in [0, 0.1) is 6.92 Å². The summed E-state index contributed by atoms with van der Waals surface area (Å²) in [5, 5.41) is 4.49. The van der Waals surface area contributed by atoms with E-state index in [1.807, 2.05) is 69.4 Å². The fourth-order valence-corrected chi connectivity index (χ4v) is 3.05. The summed E-state index contributed by atoms with van der Waals surface area (Å²) in [6, 6.07) is 0. The summed E-state index contributed by atoms with van der Waals surface area (Å²) < 4.78 is 25.7. The third-order valence-electron chi connectivity index (χ3n) is 5.25. The first-order chi connectivity index (χ1) is 13.0. The van der Waals surface area contributed by atoms with Crippen LogP contribution in [0.25, 0.3) is 0 Å². The molecule has 0 radical (unpaired) electrons. The third kappa shape index (κ3) is 5.25. The summed E-state index contributed by atoms with van der Waals surface area (Å²) in [6.07, 6.45) is -0.677. The van der Waals surface area contributed by atoms with Crippen molar-refractivity contribution in [2.75, 3.05) is 13.6 Å². The topological polar surface area (TPSA) is 75.1 Å². The molecular weight excluding hydrogens is 373 g/mol. The Balaban J connectivity index is 2.15. The molecule has 1 fully saturated rings. The van der Waals surface area contributed by atoms with Gasteiger partial charge >= 0.3 is 13.2 Å². The normalized spacial score (nSPS) is 19.2. The molecule has 0 bridgehead atoms. The molecule has 2 heterocycles. The summed E-state index contributed by atoms with van der Waals surface area (Å²) >= 11 is 0. The average molecular weight is 409 g/mol. The number of aromatic nitrogens is 2. The van der Waals surface area contributed by atoms with Gasteiger partial charge in [0.05, 0.1) is 28.9 Å². The van der Waals surface area contributed by atoms with Crippen LogP contribution in [0.3, 0.4) is 0 Å². The Hall–Kier alpha value is -1.74. The fourth-order valence-electron chi connectivity index (χ4n) is 3.05. The Labute approximate surface area is 175 Å². The molecule has 1 amide bonds. The Morgan fingerprint density at radius 2 is 1.76 bits per heavy atom. The summed E-state index contributed by atoms with van der Waals surface area (Å²) in [6.45, 7) is 17.7. The van der Waals surface area contributed by atoms with E-state index in [0.717, 1.165) is 11.2 Å². The lowest BCUT2D eigenvalue weighted by Crippen LogP contribution is -2.41. The van der Waals surface area contributed by atoms with Crippen LogP contribution in [0.1, 0.15) is 61.1 Å². The minimum Gasteiger partial charge on any atom is -0.473 e. The van der Waals surface area contributed by atoms with Gasteiger partial charge in [-0.1, -0.05) is 0 Å². The monoisotopic (exact) mass is 409 g/mol. The van der Waals surface area contributed by atoms with Crippen molar-refractivity contribution in [1.82, 2.24) is 14.7 Å². The van der Waals surface area contributed by atoms with Gasteiger partial charge in [0.25, 0.3) is 0 Å². The van der Waals surface area contributed by atoms with Crippen LogP contribution in [-0.2, 0) is 21.1 Å². The second-order valence-corrected chi connectivity index (χ2v) is 9.81. The molecule has 1 aliphatic heterocycles. The number of hydrogen-bond donors (Lipinski definition) is 0. The lowest BCUT2D eigenvalue weighted by Gasteiger charge is -2.32. The number of likely N-dealkylation sites (N-methyl/N-ethyl adjacent to an activating group) is 1. The van der Waals surface area contributed by atoms with Crippen molar-refractivity contribution in [2.45, 2.75) is 85.2 Å². The van der Waals surface area contributed by atoms with E-state index in [0.29, 0.717) is 12.4 Å². The molecular formula is C20H36BN3O5. The first-order valence-corrected chi connectivity index (χ1v) is 10.0. The second-order valence-electron chi connectivity index (χ2n) is 9.81. The predicted octanol–water partition coefficient (Wildman–Crippen LogP) is 2.66. The van der Waals surface area contributed by atoms with Crippen molar-refractivity contribution < 1.29 is 23.6 Å². The van der Waals surface area contributed by atoms with Crippen molar-refractivity contribution >= 4 is 18.7 Å². The minimum atomic E-state index is -0.570. The zero-order chi connectivity index (χ0) is 22.4. The molecule has 164 valence electrons. The van der Waals surface area contributed by atoms with Crippen molar-refractivity contribution in [2.24, 2.45) is 7.05 Å². The first kappa shape index (κ1) is 23.5. The van der Waals surface area contributed by atoms with E-state index in [-0.39, 0.29) is 12.2 Å². The molecule has 29 heavy (non-hydrogen) atoms. The van der Waals surface area contributed by atoms with Crippen LogP contribution >= 0.6 is 0 Å². The number of rotatable bonds is 5. The van der Waals surface area contributed by atoms with Gasteiger partial charge in [-0.05, 0) is 62.3 Å². The van der Waals surface area contributed by atoms with E-state index >= 15 is 0 Å². The van der Waals surface area contributed by atoms with Crippen LogP contribution in [0.4, 0.5) is 4.79 Å². The van der Waals surface area contributed by atoms with E-state index < -0.39 is 23.9 Å². The number of carbonyl (C=O) groups is 1. The second kappa shape index (κ2) is 7.83. The maximum absolute atomic E-state index is 12.2. The number of aryl methyl sites for hydroxylation is 2. The highest BCUT2D eigenvalue weighted by atomic mass is 16.7. The van der Waals surface area contributed by atoms with Gasteiger partial charge in [-0.25, -0.2) is 9.48 Å². The molecule has 0 saturated carbocycles. The number of ether oxygens (including phenoxy) is 2. The van der Waals surface area contributed by atoms with Gasteiger partial charge in [-0.15, -0.1) is 0 Å². The van der Waals surface area contributed by atoms with Gasteiger partial charge < -0.3 is 23.7 Å². The Bertz CT molecular complexity index is 738. The molecule has 1 aliphatic rings. The van der Waals surface area contributed by atoms with Gasteiger partial charge in [0.15, 0.2) is 0 Å². The van der Waals surface area contributed by atoms with Gasteiger partial charge in [0.2, 0.25) is 5.88 Å². The van der Waals surface area contributed by atoms with Crippen LogP contribution in [-0.4, -0.2) is 64.4 Å². The number of carbonyl (C=O) groups excluding carboxylic acids is 1. The molecule has 9 heteroatoms. The zero-order valence-corrected chi connectivity index (χ0v) is 19.7. The molecule has 0 aromatic carbocycles. The van der Waals surface area contributed by atoms with E-state index in [9.17, 15) is 4.79 Å². The van der Waals surface area contributed by atoms with Crippen LogP contribution in [0.2, 0.25) is 0 Å². The summed E-state index contributed by atoms with van der Waals surface area (Å²) in [4.78, 5) is 13.7. The molecule has 0 spiro atoms. The summed E-state index contributed by atoms with van der Waals surface area (Å²) in [7, 11) is 2.94. The van der Waals surface area contributed by atoms with Gasteiger partial charge in [-0.3, -0.25) is 0 Å². The standard InChI is InChI=1S/C20H36BN3O5/c1-13(12-23(10)17(25)27-18(3,4)5)26-16-15(14(2)22-24(16)11)21-28-19(6,7)20(8,9)29-21/h13H,12H2,1-11H3. The van der Waals surface area contributed by atoms with Gasteiger partial charge in [-0.2, -0.15) is 5.10 Å². The number of amides is 1. The maximum atomic E-state index is 12.2. The predicted molar refractivity (Wildman–Crippen MR) is 113 cm³/mol.